The molecule has 0 spiro atoms. The number of benzene rings is 1. The van der Waals surface area contributed by atoms with E-state index in [2.05, 4.69) is 4.72 Å². The minimum Gasteiger partial charge on any atom is -0.395 e. The molecule has 2 N–H and O–H groups in total. The monoisotopic (exact) mass is 281 g/mol. The van der Waals surface area contributed by atoms with E-state index in [-0.39, 0.29) is 11.6 Å². The van der Waals surface area contributed by atoms with E-state index in [0.29, 0.717) is 6.42 Å². The summed E-state index contributed by atoms with van der Waals surface area (Å²) in [6.45, 7) is 1.36. The van der Waals surface area contributed by atoms with Crippen LogP contribution >= 0.6 is 11.6 Å². The van der Waals surface area contributed by atoms with Crippen LogP contribution in [-0.2, 0) is 10.0 Å². The average Bonchev–Trinajstić information content (AvgIpc) is 2.29. The lowest BCUT2D eigenvalue weighted by Crippen LogP contribution is -2.37. The van der Waals surface area contributed by atoms with Crippen LogP contribution in [0.2, 0.25) is 5.02 Å². The molecule has 0 saturated carbocycles. The van der Waals surface area contributed by atoms with Crippen LogP contribution in [0.1, 0.15) is 13.3 Å². The second kappa shape index (κ2) is 5.77. The number of hydrogen-bond acceptors (Lipinski definition) is 3. The van der Waals surface area contributed by atoms with Crippen molar-refractivity contribution in [2.24, 2.45) is 0 Å². The lowest BCUT2D eigenvalue weighted by molar-refractivity contribution is 0.253. The summed E-state index contributed by atoms with van der Waals surface area (Å²) in [5, 5.41) is 8.65. The molecule has 0 fully saturated rings. The van der Waals surface area contributed by atoms with Crippen molar-refractivity contribution in [2.45, 2.75) is 24.3 Å². The molecule has 0 aliphatic rings. The van der Waals surface area contributed by atoms with Gasteiger partial charge >= 0.3 is 0 Å². The third-order valence-electron chi connectivity index (χ3n) is 2.24. The molecule has 1 aromatic carbocycles. The zero-order valence-corrected chi connectivity index (χ0v) is 10.7. The lowest BCUT2D eigenvalue weighted by atomic mass is 10.3. The highest BCUT2D eigenvalue weighted by Gasteiger charge is 2.23. The molecule has 0 saturated heterocycles. The summed E-state index contributed by atoms with van der Waals surface area (Å²) >= 11 is 5.51. The van der Waals surface area contributed by atoms with Gasteiger partial charge in [-0.25, -0.2) is 17.5 Å². The van der Waals surface area contributed by atoms with Crippen molar-refractivity contribution in [1.29, 1.82) is 0 Å². The normalized spacial score (nSPS) is 13.6. The number of aliphatic hydroxyl groups excluding tert-OH is 1. The topological polar surface area (TPSA) is 66.4 Å². The average molecular weight is 282 g/mol. The van der Waals surface area contributed by atoms with Gasteiger partial charge in [0.1, 0.15) is 4.90 Å². The zero-order chi connectivity index (χ0) is 13.1. The quantitative estimate of drug-likeness (QED) is 0.860. The van der Waals surface area contributed by atoms with Crippen LogP contribution in [0.5, 0.6) is 0 Å². The number of hydrogen-bond donors (Lipinski definition) is 2. The molecular weight excluding hydrogens is 269 g/mol. The van der Waals surface area contributed by atoms with Gasteiger partial charge in [-0.2, -0.15) is 0 Å². The van der Waals surface area contributed by atoms with Crippen molar-refractivity contribution in [3.8, 4) is 0 Å². The van der Waals surface area contributed by atoms with Gasteiger partial charge in [-0.1, -0.05) is 24.6 Å². The van der Waals surface area contributed by atoms with Crippen LogP contribution in [-0.4, -0.2) is 26.2 Å². The summed E-state index contributed by atoms with van der Waals surface area (Å²) < 4.78 is 39.4. The molecule has 1 aromatic rings. The number of rotatable bonds is 5. The van der Waals surface area contributed by atoms with E-state index in [9.17, 15) is 12.8 Å². The van der Waals surface area contributed by atoms with Gasteiger partial charge in [0.25, 0.3) is 0 Å². The second-order valence-corrected chi connectivity index (χ2v) is 5.55. The summed E-state index contributed by atoms with van der Waals surface area (Å²) in [6.07, 6.45) is 0.401. The molecule has 0 heterocycles. The molecule has 0 bridgehead atoms. The van der Waals surface area contributed by atoms with Gasteiger partial charge < -0.3 is 5.11 Å². The Morgan fingerprint density at radius 1 is 1.53 bits per heavy atom. The fraction of sp³-hybridized carbons (Fsp3) is 0.400. The maximum atomic E-state index is 13.5. The van der Waals surface area contributed by atoms with Crippen molar-refractivity contribution < 1.29 is 17.9 Å². The smallest absolute Gasteiger partial charge is 0.243 e. The Balaban J connectivity index is 3.09. The molecule has 4 nitrogen and oxygen atoms in total. The Bertz CT molecular complexity index is 488. The number of aliphatic hydroxyl groups is 1. The summed E-state index contributed by atoms with van der Waals surface area (Å²) in [5.74, 6) is -0.991. The van der Waals surface area contributed by atoms with Gasteiger partial charge in [-0.3, -0.25) is 0 Å². The van der Waals surface area contributed by atoms with E-state index >= 15 is 0 Å². The van der Waals surface area contributed by atoms with E-state index < -0.39 is 26.8 Å². The maximum absolute atomic E-state index is 13.5. The number of sulfonamides is 1. The predicted octanol–water partition coefficient (Wildman–Crippen LogP) is 1.53. The van der Waals surface area contributed by atoms with Gasteiger partial charge in [-0.05, 0) is 18.6 Å². The molecule has 0 aromatic heterocycles. The minimum absolute atomic E-state index is 0.259. The van der Waals surface area contributed by atoms with Crippen LogP contribution in [0.4, 0.5) is 4.39 Å². The molecule has 7 heteroatoms. The van der Waals surface area contributed by atoms with Gasteiger partial charge in [0.05, 0.1) is 11.6 Å². The van der Waals surface area contributed by atoms with Crippen molar-refractivity contribution in [2.75, 3.05) is 6.61 Å². The first-order valence-corrected chi connectivity index (χ1v) is 6.85. The summed E-state index contributed by atoms with van der Waals surface area (Å²) in [4.78, 5) is -0.517. The lowest BCUT2D eigenvalue weighted by Gasteiger charge is -2.14. The largest absolute Gasteiger partial charge is 0.395 e. The zero-order valence-electron chi connectivity index (χ0n) is 9.15. The van der Waals surface area contributed by atoms with Crippen LogP contribution in [0.25, 0.3) is 0 Å². The van der Waals surface area contributed by atoms with Crippen molar-refractivity contribution in [1.82, 2.24) is 4.72 Å². The van der Waals surface area contributed by atoms with E-state index in [0.717, 1.165) is 6.07 Å². The van der Waals surface area contributed by atoms with Crippen LogP contribution in [0.15, 0.2) is 23.1 Å². The summed E-state index contributed by atoms with van der Waals surface area (Å²) in [6, 6.07) is 3.09. The van der Waals surface area contributed by atoms with Gasteiger partial charge in [0.15, 0.2) is 5.82 Å². The van der Waals surface area contributed by atoms with Crippen molar-refractivity contribution in [3.63, 3.8) is 0 Å². The minimum atomic E-state index is -4.01. The first kappa shape index (κ1) is 14.4. The molecule has 1 atom stereocenters. The van der Waals surface area contributed by atoms with Crippen LogP contribution in [0.3, 0.4) is 0 Å². The molecule has 17 heavy (non-hydrogen) atoms. The van der Waals surface area contributed by atoms with Crippen LogP contribution in [0, 0.1) is 5.82 Å². The van der Waals surface area contributed by atoms with Gasteiger partial charge in [0, 0.05) is 6.04 Å². The molecule has 0 aliphatic heterocycles. The Labute approximate surface area is 104 Å². The van der Waals surface area contributed by atoms with E-state index in [1.807, 2.05) is 0 Å². The molecular formula is C10H13ClFNO3S. The van der Waals surface area contributed by atoms with E-state index in [1.165, 1.54) is 12.1 Å². The first-order valence-electron chi connectivity index (χ1n) is 4.99. The Kier molecular flexibility index (Phi) is 4.88. The van der Waals surface area contributed by atoms with Crippen molar-refractivity contribution in [3.05, 3.63) is 29.0 Å². The van der Waals surface area contributed by atoms with Gasteiger partial charge in [0.2, 0.25) is 10.0 Å². The van der Waals surface area contributed by atoms with Gasteiger partial charge in [-0.15, -0.1) is 0 Å². The summed E-state index contributed by atoms with van der Waals surface area (Å²) in [5.41, 5.74) is 0. The number of nitrogens with one attached hydrogen (secondary N) is 1. The third kappa shape index (κ3) is 3.38. The SMILES string of the molecule is CC[C@H](CO)NS(=O)(=O)c1cccc(Cl)c1F. The fourth-order valence-corrected chi connectivity index (χ4v) is 2.87. The highest BCUT2D eigenvalue weighted by molar-refractivity contribution is 7.89. The highest BCUT2D eigenvalue weighted by atomic mass is 35.5. The maximum Gasteiger partial charge on any atom is 0.243 e. The summed E-state index contributed by atoms with van der Waals surface area (Å²) in [7, 11) is -4.01. The Morgan fingerprint density at radius 2 is 2.18 bits per heavy atom. The molecule has 0 aliphatic carbocycles. The second-order valence-electron chi connectivity index (χ2n) is 3.46. The van der Waals surface area contributed by atoms with E-state index in [1.54, 1.807) is 6.92 Å². The first-order chi connectivity index (χ1) is 7.92. The predicted molar refractivity (Wildman–Crippen MR) is 62.9 cm³/mol. The van der Waals surface area contributed by atoms with E-state index in [4.69, 9.17) is 16.7 Å². The third-order valence-corrected chi connectivity index (χ3v) is 4.07. The Morgan fingerprint density at radius 3 is 2.71 bits per heavy atom. The molecule has 0 unspecified atom stereocenters. The molecule has 1 rings (SSSR count). The molecule has 96 valence electrons. The number of halogens is 2. The van der Waals surface area contributed by atoms with Crippen LogP contribution < -0.4 is 4.72 Å². The standard InChI is InChI=1S/C10H13ClFNO3S/c1-2-7(6-14)13-17(15,16)9-5-3-4-8(11)10(9)12/h3-5,7,13-14H,2,6H2,1H3/t7-/m1/s1. The fourth-order valence-electron chi connectivity index (χ4n) is 1.22. The Hall–Kier alpha value is -0.690. The highest BCUT2D eigenvalue weighted by Crippen LogP contribution is 2.21. The molecule has 0 radical (unpaired) electrons. The molecule has 0 amide bonds. The van der Waals surface area contributed by atoms with Crippen molar-refractivity contribution >= 4 is 21.6 Å².